The maximum absolute atomic E-state index is 5.74. The van der Waals surface area contributed by atoms with E-state index in [0.717, 1.165) is 19.6 Å². The first-order chi connectivity index (χ1) is 7.70. The van der Waals surface area contributed by atoms with Crippen LogP contribution in [0.25, 0.3) is 0 Å². The number of aryl methyl sites for hydroxylation is 1. The van der Waals surface area contributed by atoms with Gasteiger partial charge in [-0.15, -0.1) is 0 Å². The highest BCUT2D eigenvalue weighted by molar-refractivity contribution is 9.10. The summed E-state index contributed by atoms with van der Waals surface area (Å²) in [6.45, 7) is 5.11. The Morgan fingerprint density at radius 3 is 3.06 bits per heavy atom. The average molecular weight is 301 g/mol. The summed E-state index contributed by atoms with van der Waals surface area (Å²) in [6.07, 6.45) is 0. The molecule has 0 bridgehead atoms. The van der Waals surface area contributed by atoms with Crippen molar-refractivity contribution in [3.8, 4) is 0 Å². The van der Waals surface area contributed by atoms with Gasteiger partial charge in [0.2, 0.25) is 0 Å². The van der Waals surface area contributed by atoms with Crippen LogP contribution in [0.2, 0.25) is 0 Å². The van der Waals surface area contributed by atoms with E-state index in [4.69, 9.17) is 5.73 Å². The van der Waals surface area contributed by atoms with Gasteiger partial charge in [0.05, 0.1) is 0 Å². The second kappa shape index (κ2) is 5.43. The predicted octanol–water partition coefficient (Wildman–Crippen LogP) is 2.64. The molecule has 88 valence electrons. The number of rotatable bonds is 2. The number of hydrogen-bond donors (Lipinski definition) is 1. The highest BCUT2D eigenvalue weighted by Gasteiger charge is 2.19. The fourth-order valence-electron chi connectivity index (χ4n) is 1.92. The van der Waals surface area contributed by atoms with Crippen molar-refractivity contribution in [2.75, 3.05) is 30.3 Å². The molecular weight excluding hydrogens is 284 g/mol. The molecule has 1 aliphatic rings. The first-order valence-electron chi connectivity index (χ1n) is 5.53. The fraction of sp³-hybridized carbons (Fsp3) is 0.500. The van der Waals surface area contributed by atoms with Crippen LogP contribution in [-0.2, 0) is 0 Å². The fourth-order valence-corrected chi connectivity index (χ4v) is 3.25. The molecule has 1 aliphatic heterocycles. The molecule has 1 heterocycles. The summed E-state index contributed by atoms with van der Waals surface area (Å²) in [6, 6.07) is 6.55. The van der Waals surface area contributed by atoms with Crippen LogP contribution in [0.4, 0.5) is 5.69 Å². The molecule has 1 fully saturated rings. The molecule has 1 saturated heterocycles. The lowest BCUT2D eigenvalue weighted by Gasteiger charge is -2.33. The van der Waals surface area contributed by atoms with E-state index in [0.29, 0.717) is 5.25 Å². The van der Waals surface area contributed by atoms with Gasteiger partial charge in [0.25, 0.3) is 0 Å². The zero-order valence-corrected chi connectivity index (χ0v) is 11.9. The summed E-state index contributed by atoms with van der Waals surface area (Å²) in [7, 11) is 0. The van der Waals surface area contributed by atoms with Gasteiger partial charge < -0.3 is 10.6 Å². The van der Waals surface area contributed by atoms with Gasteiger partial charge in [-0.05, 0) is 30.7 Å². The Labute approximate surface area is 110 Å². The summed E-state index contributed by atoms with van der Waals surface area (Å²) < 4.78 is 1.18. The number of halogens is 1. The molecule has 4 heteroatoms. The van der Waals surface area contributed by atoms with Crippen molar-refractivity contribution in [2.45, 2.75) is 12.2 Å². The Balaban J connectivity index is 2.13. The van der Waals surface area contributed by atoms with Gasteiger partial charge in [-0.2, -0.15) is 11.8 Å². The SMILES string of the molecule is Cc1cc(N2CCSC(CN)C2)ccc1Br. The van der Waals surface area contributed by atoms with Crippen LogP contribution in [-0.4, -0.2) is 30.6 Å². The van der Waals surface area contributed by atoms with Gasteiger partial charge in [0, 0.05) is 40.8 Å². The van der Waals surface area contributed by atoms with Crippen molar-refractivity contribution < 1.29 is 0 Å². The Kier molecular flexibility index (Phi) is 4.16. The van der Waals surface area contributed by atoms with E-state index in [2.05, 4.69) is 46.0 Å². The van der Waals surface area contributed by atoms with Crippen LogP contribution >= 0.6 is 27.7 Å². The molecule has 0 radical (unpaired) electrons. The molecule has 2 rings (SSSR count). The van der Waals surface area contributed by atoms with Gasteiger partial charge in [0.15, 0.2) is 0 Å². The molecule has 0 amide bonds. The lowest BCUT2D eigenvalue weighted by molar-refractivity contribution is 0.748. The summed E-state index contributed by atoms with van der Waals surface area (Å²) in [5, 5.41) is 0.581. The van der Waals surface area contributed by atoms with E-state index >= 15 is 0 Å². The molecule has 0 saturated carbocycles. The van der Waals surface area contributed by atoms with Crippen LogP contribution < -0.4 is 10.6 Å². The minimum atomic E-state index is 0.581. The third-order valence-corrected chi connectivity index (χ3v) is 5.03. The van der Waals surface area contributed by atoms with Crippen LogP contribution in [0.15, 0.2) is 22.7 Å². The normalized spacial score (nSPS) is 21.2. The van der Waals surface area contributed by atoms with Gasteiger partial charge in [0.1, 0.15) is 0 Å². The average Bonchev–Trinajstić information content (AvgIpc) is 2.33. The minimum absolute atomic E-state index is 0.581. The minimum Gasteiger partial charge on any atom is -0.370 e. The zero-order valence-electron chi connectivity index (χ0n) is 9.45. The van der Waals surface area contributed by atoms with Crippen molar-refractivity contribution in [3.63, 3.8) is 0 Å². The topological polar surface area (TPSA) is 29.3 Å². The first-order valence-corrected chi connectivity index (χ1v) is 7.37. The molecule has 2 nitrogen and oxygen atoms in total. The van der Waals surface area contributed by atoms with Gasteiger partial charge in [-0.3, -0.25) is 0 Å². The highest BCUT2D eigenvalue weighted by Crippen LogP contribution is 2.27. The molecule has 1 unspecified atom stereocenters. The van der Waals surface area contributed by atoms with E-state index in [1.54, 1.807) is 0 Å². The molecule has 0 aromatic heterocycles. The van der Waals surface area contributed by atoms with Crippen LogP contribution in [0.3, 0.4) is 0 Å². The number of benzene rings is 1. The number of thioether (sulfide) groups is 1. The summed E-state index contributed by atoms with van der Waals surface area (Å²) >= 11 is 5.53. The van der Waals surface area contributed by atoms with Crippen molar-refractivity contribution in [3.05, 3.63) is 28.2 Å². The Morgan fingerprint density at radius 2 is 2.38 bits per heavy atom. The molecule has 1 aromatic rings. The molecule has 0 aliphatic carbocycles. The summed E-state index contributed by atoms with van der Waals surface area (Å²) in [4.78, 5) is 2.44. The lowest BCUT2D eigenvalue weighted by atomic mass is 10.2. The predicted molar refractivity (Wildman–Crippen MR) is 76.4 cm³/mol. The first kappa shape index (κ1) is 12.3. The maximum atomic E-state index is 5.74. The quantitative estimate of drug-likeness (QED) is 0.910. The third-order valence-electron chi connectivity index (χ3n) is 2.91. The number of hydrogen-bond acceptors (Lipinski definition) is 3. The highest BCUT2D eigenvalue weighted by atomic mass is 79.9. The molecule has 16 heavy (non-hydrogen) atoms. The monoisotopic (exact) mass is 300 g/mol. The van der Waals surface area contributed by atoms with Crippen LogP contribution in [0.1, 0.15) is 5.56 Å². The van der Waals surface area contributed by atoms with Crippen molar-refractivity contribution in [1.29, 1.82) is 0 Å². The van der Waals surface area contributed by atoms with E-state index in [1.165, 1.54) is 21.5 Å². The summed E-state index contributed by atoms with van der Waals surface area (Å²) in [5.74, 6) is 1.18. The number of nitrogens with two attached hydrogens (primary N) is 1. The van der Waals surface area contributed by atoms with Crippen molar-refractivity contribution in [2.24, 2.45) is 5.73 Å². The standard InChI is InChI=1S/C12H17BrN2S/c1-9-6-10(2-3-12(9)13)15-4-5-16-11(7-14)8-15/h2-3,6,11H,4-5,7-8,14H2,1H3. The van der Waals surface area contributed by atoms with Gasteiger partial charge in [-0.25, -0.2) is 0 Å². The Morgan fingerprint density at radius 1 is 1.56 bits per heavy atom. The molecule has 2 N–H and O–H groups in total. The van der Waals surface area contributed by atoms with Crippen molar-refractivity contribution >= 4 is 33.4 Å². The van der Waals surface area contributed by atoms with Gasteiger partial charge >= 0.3 is 0 Å². The molecule has 1 aromatic carbocycles. The van der Waals surface area contributed by atoms with Gasteiger partial charge in [-0.1, -0.05) is 15.9 Å². The maximum Gasteiger partial charge on any atom is 0.0370 e. The largest absolute Gasteiger partial charge is 0.370 e. The van der Waals surface area contributed by atoms with E-state index in [1.807, 2.05) is 11.8 Å². The Bertz CT molecular complexity index is 370. The van der Waals surface area contributed by atoms with Crippen molar-refractivity contribution in [1.82, 2.24) is 0 Å². The number of anilines is 1. The number of nitrogens with zero attached hydrogens (tertiary/aromatic N) is 1. The third kappa shape index (κ3) is 2.73. The smallest absolute Gasteiger partial charge is 0.0370 e. The van der Waals surface area contributed by atoms with E-state index in [-0.39, 0.29) is 0 Å². The second-order valence-corrected chi connectivity index (χ2v) is 6.37. The zero-order chi connectivity index (χ0) is 11.5. The van der Waals surface area contributed by atoms with Crippen LogP contribution in [0.5, 0.6) is 0 Å². The van der Waals surface area contributed by atoms with E-state index in [9.17, 15) is 0 Å². The van der Waals surface area contributed by atoms with Crippen LogP contribution in [0, 0.1) is 6.92 Å². The second-order valence-electron chi connectivity index (χ2n) is 4.11. The Hall–Kier alpha value is -0.190. The molecular formula is C12H17BrN2S. The van der Waals surface area contributed by atoms with E-state index < -0.39 is 0 Å². The molecule has 1 atom stereocenters. The lowest BCUT2D eigenvalue weighted by Crippen LogP contribution is -2.41. The summed E-state index contributed by atoms with van der Waals surface area (Å²) in [5.41, 5.74) is 8.35. The molecule has 0 spiro atoms.